The lowest BCUT2D eigenvalue weighted by Gasteiger charge is -2.31. The van der Waals surface area contributed by atoms with Crippen molar-refractivity contribution in [1.29, 1.82) is 0 Å². The van der Waals surface area contributed by atoms with E-state index in [4.69, 9.17) is 17.3 Å². The van der Waals surface area contributed by atoms with Crippen molar-refractivity contribution in [3.63, 3.8) is 0 Å². The Bertz CT molecular complexity index is 350. The van der Waals surface area contributed by atoms with Crippen LogP contribution in [0, 0.1) is 6.92 Å². The van der Waals surface area contributed by atoms with Crippen LogP contribution in [0.3, 0.4) is 0 Å². The molecule has 1 rings (SSSR count). The molecule has 1 unspecified atom stereocenters. The third-order valence-electron chi connectivity index (χ3n) is 3.11. The molecule has 0 aliphatic heterocycles. The van der Waals surface area contributed by atoms with Gasteiger partial charge in [-0.1, -0.05) is 23.7 Å². The first-order chi connectivity index (χ1) is 7.47. The fraction of sp³-hybridized carbons (Fsp3) is 0.538. The van der Waals surface area contributed by atoms with E-state index in [9.17, 15) is 0 Å². The fourth-order valence-electron chi connectivity index (χ4n) is 1.71. The highest BCUT2D eigenvalue weighted by Crippen LogP contribution is 2.25. The van der Waals surface area contributed by atoms with Crippen molar-refractivity contribution in [3.8, 4) is 0 Å². The first kappa shape index (κ1) is 13.5. The molecule has 0 amide bonds. The molecule has 0 radical (unpaired) electrons. The Morgan fingerprint density at radius 3 is 2.44 bits per heavy atom. The topological polar surface area (TPSA) is 29.3 Å². The predicted molar refractivity (Wildman–Crippen MR) is 70.9 cm³/mol. The van der Waals surface area contributed by atoms with E-state index < -0.39 is 0 Å². The van der Waals surface area contributed by atoms with Crippen LogP contribution in [-0.2, 0) is 0 Å². The highest BCUT2D eigenvalue weighted by atomic mass is 35.5. The van der Waals surface area contributed by atoms with Crippen LogP contribution >= 0.6 is 11.6 Å². The third-order valence-corrected chi connectivity index (χ3v) is 3.52. The molecule has 90 valence electrons. The van der Waals surface area contributed by atoms with Gasteiger partial charge in [-0.25, -0.2) is 0 Å². The number of hydrogen-bond acceptors (Lipinski definition) is 2. The van der Waals surface area contributed by atoms with Gasteiger partial charge in [0.1, 0.15) is 0 Å². The van der Waals surface area contributed by atoms with Gasteiger partial charge < -0.3 is 5.73 Å². The molecule has 0 aliphatic carbocycles. The standard InChI is InChI=1S/C13H21ClN2/c1-9(2)16(4)13(8-15)11-6-5-10(3)12(14)7-11/h5-7,9,13H,8,15H2,1-4H3. The SMILES string of the molecule is Cc1ccc(C(CN)N(C)C(C)C)cc1Cl. The van der Waals surface area contributed by atoms with Crippen molar-refractivity contribution in [1.82, 2.24) is 4.90 Å². The van der Waals surface area contributed by atoms with E-state index in [1.807, 2.05) is 13.0 Å². The summed E-state index contributed by atoms with van der Waals surface area (Å²) >= 11 is 6.14. The van der Waals surface area contributed by atoms with Crippen LogP contribution < -0.4 is 5.73 Å². The highest BCUT2D eigenvalue weighted by molar-refractivity contribution is 6.31. The minimum atomic E-state index is 0.234. The van der Waals surface area contributed by atoms with Gasteiger partial charge in [0.15, 0.2) is 0 Å². The number of likely N-dealkylation sites (N-methyl/N-ethyl adjacent to an activating group) is 1. The largest absolute Gasteiger partial charge is 0.329 e. The van der Waals surface area contributed by atoms with Crippen LogP contribution in [0.5, 0.6) is 0 Å². The Morgan fingerprint density at radius 2 is 2.00 bits per heavy atom. The van der Waals surface area contributed by atoms with Crippen molar-refractivity contribution >= 4 is 11.6 Å². The van der Waals surface area contributed by atoms with Crippen molar-refractivity contribution in [2.24, 2.45) is 5.73 Å². The minimum absolute atomic E-state index is 0.234. The summed E-state index contributed by atoms with van der Waals surface area (Å²) in [4.78, 5) is 2.26. The molecular formula is C13H21ClN2. The lowest BCUT2D eigenvalue weighted by molar-refractivity contribution is 0.201. The molecule has 0 spiro atoms. The van der Waals surface area contributed by atoms with Gasteiger partial charge in [0.25, 0.3) is 0 Å². The van der Waals surface area contributed by atoms with Crippen molar-refractivity contribution < 1.29 is 0 Å². The Labute approximate surface area is 103 Å². The van der Waals surface area contributed by atoms with Crippen LogP contribution in [0.2, 0.25) is 5.02 Å². The lowest BCUT2D eigenvalue weighted by atomic mass is 10.0. The van der Waals surface area contributed by atoms with E-state index in [0.717, 1.165) is 10.6 Å². The van der Waals surface area contributed by atoms with Crippen LogP contribution in [0.25, 0.3) is 0 Å². The summed E-state index contributed by atoms with van der Waals surface area (Å²) < 4.78 is 0. The van der Waals surface area contributed by atoms with Crippen LogP contribution in [0.4, 0.5) is 0 Å². The van der Waals surface area contributed by atoms with Crippen LogP contribution in [0.1, 0.15) is 31.0 Å². The van der Waals surface area contributed by atoms with Crippen LogP contribution in [-0.4, -0.2) is 24.5 Å². The second kappa shape index (κ2) is 5.67. The lowest BCUT2D eigenvalue weighted by Crippen LogP contribution is -2.35. The van der Waals surface area contributed by atoms with E-state index in [2.05, 4.69) is 37.9 Å². The van der Waals surface area contributed by atoms with E-state index in [1.54, 1.807) is 0 Å². The second-order valence-corrected chi connectivity index (χ2v) is 4.93. The summed E-state index contributed by atoms with van der Waals surface area (Å²) in [5, 5.41) is 0.813. The number of rotatable bonds is 4. The average molecular weight is 241 g/mol. The van der Waals surface area contributed by atoms with E-state index >= 15 is 0 Å². The number of nitrogens with zero attached hydrogens (tertiary/aromatic N) is 1. The Balaban J connectivity index is 2.99. The van der Waals surface area contributed by atoms with Crippen molar-refractivity contribution in [2.45, 2.75) is 32.9 Å². The molecule has 0 bridgehead atoms. The Morgan fingerprint density at radius 1 is 1.38 bits per heavy atom. The number of halogens is 1. The summed E-state index contributed by atoms with van der Waals surface area (Å²) in [5.74, 6) is 0. The Kier molecular flexibility index (Phi) is 4.78. The van der Waals surface area contributed by atoms with Gasteiger partial charge in [0.05, 0.1) is 0 Å². The quantitative estimate of drug-likeness (QED) is 0.877. The number of hydrogen-bond donors (Lipinski definition) is 1. The molecule has 2 nitrogen and oxygen atoms in total. The molecule has 0 saturated heterocycles. The van der Waals surface area contributed by atoms with E-state index in [-0.39, 0.29) is 6.04 Å². The first-order valence-electron chi connectivity index (χ1n) is 5.65. The van der Waals surface area contributed by atoms with Crippen molar-refractivity contribution in [3.05, 3.63) is 34.3 Å². The zero-order valence-corrected chi connectivity index (χ0v) is 11.3. The van der Waals surface area contributed by atoms with Gasteiger partial charge in [-0.2, -0.15) is 0 Å². The average Bonchev–Trinajstić information content (AvgIpc) is 2.24. The fourth-order valence-corrected chi connectivity index (χ4v) is 1.90. The van der Waals surface area contributed by atoms with Crippen LogP contribution in [0.15, 0.2) is 18.2 Å². The van der Waals surface area contributed by atoms with Gasteiger partial charge in [-0.3, -0.25) is 4.90 Å². The summed E-state index contributed by atoms with van der Waals surface area (Å²) in [7, 11) is 2.09. The Hall–Kier alpha value is -0.570. The zero-order chi connectivity index (χ0) is 12.3. The second-order valence-electron chi connectivity index (χ2n) is 4.52. The highest BCUT2D eigenvalue weighted by Gasteiger charge is 2.18. The maximum atomic E-state index is 6.14. The predicted octanol–water partition coefficient (Wildman–Crippen LogP) is 2.99. The third kappa shape index (κ3) is 2.97. The molecule has 0 heterocycles. The van der Waals surface area contributed by atoms with E-state index in [1.165, 1.54) is 5.56 Å². The molecule has 1 aromatic rings. The molecule has 0 aromatic heterocycles. The molecule has 16 heavy (non-hydrogen) atoms. The zero-order valence-electron chi connectivity index (χ0n) is 10.5. The number of aryl methyl sites for hydroxylation is 1. The van der Waals surface area contributed by atoms with Gasteiger partial charge >= 0.3 is 0 Å². The van der Waals surface area contributed by atoms with Gasteiger partial charge in [0.2, 0.25) is 0 Å². The summed E-state index contributed by atoms with van der Waals surface area (Å²) in [6.07, 6.45) is 0. The van der Waals surface area contributed by atoms with Gasteiger partial charge in [-0.15, -0.1) is 0 Å². The molecule has 3 heteroatoms. The molecule has 0 saturated carbocycles. The normalized spacial score (nSPS) is 13.5. The maximum Gasteiger partial charge on any atom is 0.0470 e. The van der Waals surface area contributed by atoms with Crippen molar-refractivity contribution in [2.75, 3.05) is 13.6 Å². The number of benzene rings is 1. The smallest absolute Gasteiger partial charge is 0.0470 e. The van der Waals surface area contributed by atoms with E-state index in [0.29, 0.717) is 12.6 Å². The molecule has 2 N–H and O–H groups in total. The monoisotopic (exact) mass is 240 g/mol. The first-order valence-corrected chi connectivity index (χ1v) is 6.03. The molecule has 1 atom stereocenters. The molecule has 0 aliphatic rings. The van der Waals surface area contributed by atoms with Gasteiger partial charge in [0, 0.05) is 23.7 Å². The molecular weight excluding hydrogens is 220 g/mol. The molecule has 0 fully saturated rings. The summed E-state index contributed by atoms with van der Waals surface area (Å²) in [6, 6.07) is 6.88. The summed E-state index contributed by atoms with van der Waals surface area (Å²) in [6.45, 7) is 6.95. The number of nitrogens with two attached hydrogens (primary N) is 1. The molecule has 1 aromatic carbocycles. The maximum absolute atomic E-state index is 6.14. The van der Waals surface area contributed by atoms with Gasteiger partial charge in [-0.05, 0) is 45.0 Å². The summed E-state index contributed by atoms with van der Waals surface area (Å²) in [5.41, 5.74) is 8.14. The minimum Gasteiger partial charge on any atom is -0.329 e.